The number of ether oxygens (including phenoxy) is 1. The zero-order valence-corrected chi connectivity index (χ0v) is 12.0. The fourth-order valence-electron chi connectivity index (χ4n) is 1.74. The summed E-state index contributed by atoms with van der Waals surface area (Å²) in [6.07, 6.45) is 0. The second kappa shape index (κ2) is 7.01. The molecule has 0 bridgehead atoms. The summed E-state index contributed by atoms with van der Waals surface area (Å²) in [5.41, 5.74) is 1.49. The van der Waals surface area contributed by atoms with Crippen molar-refractivity contribution in [1.29, 1.82) is 0 Å². The van der Waals surface area contributed by atoms with Crippen LogP contribution in [0.2, 0.25) is 0 Å². The highest BCUT2D eigenvalue weighted by atomic mass is 32.2. The van der Waals surface area contributed by atoms with Gasteiger partial charge in [0.2, 0.25) is 0 Å². The van der Waals surface area contributed by atoms with E-state index < -0.39 is 5.97 Å². The lowest BCUT2D eigenvalue weighted by atomic mass is 10.2. The molecule has 0 aliphatic rings. The molecule has 0 atom stereocenters. The number of carbonyl (C=O) groups is 1. The molecule has 20 heavy (non-hydrogen) atoms. The van der Waals surface area contributed by atoms with Gasteiger partial charge < -0.3 is 9.84 Å². The topological polar surface area (TPSA) is 46.5 Å². The predicted molar refractivity (Wildman–Crippen MR) is 80.8 cm³/mol. The molecule has 1 N–H and O–H groups in total. The minimum atomic E-state index is -0.900. The average Bonchev–Trinajstić information content (AvgIpc) is 2.44. The first kappa shape index (κ1) is 14.5. The second-order valence-electron chi connectivity index (χ2n) is 4.35. The van der Waals surface area contributed by atoms with Crippen molar-refractivity contribution in [3.05, 3.63) is 59.7 Å². The summed E-state index contributed by atoms with van der Waals surface area (Å²) in [5.74, 6) is 0.741. The van der Waals surface area contributed by atoms with Gasteiger partial charge in [-0.1, -0.05) is 18.2 Å². The summed E-state index contributed by atoms with van der Waals surface area (Å²) in [4.78, 5) is 11.8. The predicted octanol–water partition coefficient (Wildman–Crippen LogP) is 3.86. The van der Waals surface area contributed by atoms with Crippen LogP contribution in [0.3, 0.4) is 0 Å². The standard InChI is InChI=1S/C16H16O3S/c1-12-4-2-6-14(10-12)19-8-9-20-15-7-3-5-13(11-15)16(17)18/h2-7,10-11H,8-9H2,1H3,(H,17,18). The maximum Gasteiger partial charge on any atom is 0.335 e. The van der Waals surface area contributed by atoms with Gasteiger partial charge in [-0.3, -0.25) is 0 Å². The molecule has 0 radical (unpaired) electrons. The molecular weight excluding hydrogens is 272 g/mol. The molecule has 0 aliphatic carbocycles. The van der Waals surface area contributed by atoms with Crippen LogP contribution in [-0.4, -0.2) is 23.4 Å². The van der Waals surface area contributed by atoms with Gasteiger partial charge in [0.25, 0.3) is 0 Å². The number of carboxylic acids is 1. The molecule has 0 heterocycles. The van der Waals surface area contributed by atoms with Crippen LogP contribution in [0.5, 0.6) is 5.75 Å². The molecule has 0 unspecified atom stereocenters. The van der Waals surface area contributed by atoms with Gasteiger partial charge in [-0.15, -0.1) is 11.8 Å². The number of aryl methyl sites for hydroxylation is 1. The number of rotatable bonds is 6. The zero-order chi connectivity index (χ0) is 14.4. The first-order chi connectivity index (χ1) is 9.65. The Morgan fingerprint density at radius 2 is 2.00 bits per heavy atom. The monoisotopic (exact) mass is 288 g/mol. The summed E-state index contributed by atoms with van der Waals surface area (Å²) in [6, 6.07) is 14.9. The van der Waals surface area contributed by atoms with Crippen molar-refractivity contribution in [2.45, 2.75) is 11.8 Å². The van der Waals surface area contributed by atoms with Gasteiger partial charge in [0.05, 0.1) is 12.2 Å². The highest BCUT2D eigenvalue weighted by molar-refractivity contribution is 7.99. The van der Waals surface area contributed by atoms with Gasteiger partial charge in [-0.2, -0.15) is 0 Å². The van der Waals surface area contributed by atoms with E-state index in [1.165, 1.54) is 5.56 Å². The van der Waals surface area contributed by atoms with Gasteiger partial charge in [0.15, 0.2) is 0 Å². The smallest absolute Gasteiger partial charge is 0.335 e. The highest BCUT2D eigenvalue weighted by Crippen LogP contribution is 2.20. The van der Waals surface area contributed by atoms with E-state index in [1.807, 2.05) is 37.3 Å². The van der Waals surface area contributed by atoms with E-state index in [1.54, 1.807) is 30.0 Å². The Labute approximate surface area is 122 Å². The van der Waals surface area contributed by atoms with E-state index in [2.05, 4.69) is 0 Å². The number of benzene rings is 2. The second-order valence-corrected chi connectivity index (χ2v) is 5.51. The normalized spacial score (nSPS) is 10.2. The molecule has 4 heteroatoms. The molecule has 2 rings (SSSR count). The number of thioether (sulfide) groups is 1. The van der Waals surface area contributed by atoms with Crippen LogP contribution in [0.4, 0.5) is 0 Å². The Balaban J connectivity index is 1.81. The van der Waals surface area contributed by atoms with Gasteiger partial charge in [-0.25, -0.2) is 4.79 Å². The molecule has 2 aromatic carbocycles. The van der Waals surface area contributed by atoms with E-state index in [-0.39, 0.29) is 0 Å². The lowest BCUT2D eigenvalue weighted by Crippen LogP contribution is -2.00. The maximum absolute atomic E-state index is 10.9. The minimum Gasteiger partial charge on any atom is -0.493 e. The van der Waals surface area contributed by atoms with Crippen LogP contribution >= 0.6 is 11.8 Å². The van der Waals surface area contributed by atoms with Gasteiger partial charge >= 0.3 is 5.97 Å². The molecular formula is C16H16O3S. The number of aromatic carboxylic acids is 1. The fourth-order valence-corrected chi connectivity index (χ4v) is 2.53. The SMILES string of the molecule is Cc1cccc(OCCSc2cccc(C(=O)O)c2)c1. The van der Waals surface area contributed by atoms with Gasteiger partial charge in [0.1, 0.15) is 5.75 Å². The van der Waals surface area contributed by atoms with E-state index in [0.717, 1.165) is 16.4 Å². The van der Waals surface area contributed by atoms with E-state index in [4.69, 9.17) is 9.84 Å². The Morgan fingerprint density at radius 3 is 2.75 bits per heavy atom. The molecule has 2 aromatic rings. The van der Waals surface area contributed by atoms with Crippen LogP contribution in [0.1, 0.15) is 15.9 Å². The summed E-state index contributed by atoms with van der Waals surface area (Å²) < 4.78 is 5.65. The van der Waals surface area contributed by atoms with Crippen molar-refractivity contribution in [2.24, 2.45) is 0 Å². The van der Waals surface area contributed by atoms with Crippen LogP contribution < -0.4 is 4.74 Å². The number of hydrogen-bond donors (Lipinski definition) is 1. The van der Waals surface area contributed by atoms with E-state index in [9.17, 15) is 4.79 Å². The van der Waals surface area contributed by atoms with Crippen molar-refractivity contribution in [1.82, 2.24) is 0 Å². The molecule has 0 saturated carbocycles. The lowest BCUT2D eigenvalue weighted by molar-refractivity contribution is 0.0696. The highest BCUT2D eigenvalue weighted by Gasteiger charge is 2.03. The summed E-state index contributed by atoms with van der Waals surface area (Å²) in [6.45, 7) is 2.62. The van der Waals surface area contributed by atoms with Crippen LogP contribution in [0.15, 0.2) is 53.4 Å². The Bertz CT molecular complexity index is 596. The molecule has 0 aliphatic heterocycles. The molecule has 0 spiro atoms. The number of hydrogen-bond acceptors (Lipinski definition) is 3. The number of carboxylic acid groups (broad SMARTS) is 1. The third-order valence-electron chi connectivity index (χ3n) is 2.69. The van der Waals surface area contributed by atoms with E-state index in [0.29, 0.717) is 12.2 Å². The molecule has 3 nitrogen and oxygen atoms in total. The van der Waals surface area contributed by atoms with Gasteiger partial charge in [0, 0.05) is 10.6 Å². The van der Waals surface area contributed by atoms with Crippen molar-refractivity contribution in [3.8, 4) is 5.75 Å². The Morgan fingerprint density at radius 1 is 1.20 bits per heavy atom. The summed E-state index contributed by atoms with van der Waals surface area (Å²) in [5, 5.41) is 8.92. The molecule has 0 fully saturated rings. The summed E-state index contributed by atoms with van der Waals surface area (Å²) >= 11 is 1.59. The first-order valence-electron chi connectivity index (χ1n) is 6.31. The van der Waals surface area contributed by atoms with Crippen LogP contribution in [0, 0.1) is 6.92 Å². The Hall–Kier alpha value is -1.94. The van der Waals surface area contributed by atoms with Crippen molar-refractivity contribution >= 4 is 17.7 Å². The van der Waals surface area contributed by atoms with Crippen LogP contribution in [0.25, 0.3) is 0 Å². The molecule has 0 saturated heterocycles. The van der Waals surface area contributed by atoms with Crippen molar-refractivity contribution in [2.75, 3.05) is 12.4 Å². The Kier molecular flexibility index (Phi) is 5.07. The fraction of sp³-hybridized carbons (Fsp3) is 0.188. The molecule has 104 valence electrons. The largest absolute Gasteiger partial charge is 0.493 e. The lowest BCUT2D eigenvalue weighted by Gasteiger charge is -2.07. The quantitative estimate of drug-likeness (QED) is 0.647. The first-order valence-corrected chi connectivity index (χ1v) is 7.29. The summed E-state index contributed by atoms with van der Waals surface area (Å²) in [7, 11) is 0. The third kappa shape index (κ3) is 4.31. The van der Waals surface area contributed by atoms with Gasteiger partial charge in [-0.05, 0) is 42.8 Å². The molecule has 0 amide bonds. The third-order valence-corrected chi connectivity index (χ3v) is 3.65. The maximum atomic E-state index is 10.9. The zero-order valence-electron chi connectivity index (χ0n) is 11.2. The van der Waals surface area contributed by atoms with Crippen LogP contribution in [-0.2, 0) is 0 Å². The molecule has 0 aromatic heterocycles. The van der Waals surface area contributed by atoms with E-state index >= 15 is 0 Å². The average molecular weight is 288 g/mol. The minimum absolute atomic E-state index is 0.314. The van der Waals surface area contributed by atoms with Crippen molar-refractivity contribution in [3.63, 3.8) is 0 Å². The van der Waals surface area contributed by atoms with Crippen molar-refractivity contribution < 1.29 is 14.6 Å².